The summed E-state index contributed by atoms with van der Waals surface area (Å²) in [7, 11) is -1.72. The summed E-state index contributed by atoms with van der Waals surface area (Å²) in [4.78, 5) is 4.27. The number of rotatable bonds is 5. The van der Waals surface area contributed by atoms with Crippen LogP contribution in [-0.4, -0.2) is 38.0 Å². The monoisotopic (exact) mass is 301 g/mol. The highest BCUT2D eigenvalue weighted by Gasteiger charge is 2.19. The minimum absolute atomic E-state index is 0.257. The first-order valence-electron chi connectivity index (χ1n) is 6.37. The molecule has 1 unspecified atom stereocenters. The van der Waals surface area contributed by atoms with Crippen molar-refractivity contribution in [2.24, 2.45) is 0 Å². The topological polar surface area (TPSA) is 71.1 Å². The molecule has 19 heavy (non-hydrogen) atoms. The molecule has 1 aliphatic rings. The number of aromatic nitrogens is 1. The standard InChI is InChI=1S/C12H19N3O2S2/c1-13-12-8-11(5-6-14-12)19(16,17)15-9-10-4-2-3-7-18-10/h5-6,8,10,15H,2-4,7,9H2,1H3,(H,13,14). The second-order valence-corrected chi connectivity index (χ2v) is 7.64. The SMILES string of the molecule is CNc1cc(S(=O)(=O)NCC2CCCCS2)ccn1. The van der Waals surface area contributed by atoms with Gasteiger partial charge in [0.2, 0.25) is 10.0 Å². The summed E-state index contributed by atoms with van der Waals surface area (Å²) in [5, 5.41) is 3.23. The highest BCUT2D eigenvalue weighted by molar-refractivity contribution is 8.00. The largest absolute Gasteiger partial charge is 0.373 e. The summed E-state index contributed by atoms with van der Waals surface area (Å²) >= 11 is 1.86. The normalized spacial score (nSPS) is 20.2. The number of hydrogen-bond acceptors (Lipinski definition) is 5. The lowest BCUT2D eigenvalue weighted by Gasteiger charge is -2.21. The minimum Gasteiger partial charge on any atom is -0.373 e. The Morgan fingerprint density at radius 2 is 2.32 bits per heavy atom. The van der Waals surface area contributed by atoms with E-state index in [1.807, 2.05) is 11.8 Å². The number of nitrogens with zero attached hydrogens (tertiary/aromatic N) is 1. The van der Waals surface area contributed by atoms with Crippen LogP contribution in [0.1, 0.15) is 19.3 Å². The van der Waals surface area contributed by atoms with E-state index in [1.54, 1.807) is 7.05 Å². The first-order chi connectivity index (χ1) is 9.12. The van der Waals surface area contributed by atoms with E-state index in [1.165, 1.54) is 31.2 Å². The van der Waals surface area contributed by atoms with Crippen molar-refractivity contribution in [3.63, 3.8) is 0 Å². The highest BCUT2D eigenvalue weighted by atomic mass is 32.2. The van der Waals surface area contributed by atoms with E-state index in [9.17, 15) is 8.42 Å². The van der Waals surface area contributed by atoms with Crippen LogP contribution in [0.25, 0.3) is 0 Å². The zero-order chi connectivity index (χ0) is 13.7. The van der Waals surface area contributed by atoms with Gasteiger partial charge in [0.15, 0.2) is 0 Å². The predicted molar refractivity (Wildman–Crippen MR) is 79.1 cm³/mol. The quantitative estimate of drug-likeness (QED) is 0.866. The molecule has 2 N–H and O–H groups in total. The van der Waals surface area contributed by atoms with Gasteiger partial charge in [-0.1, -0.05) is 6.42 Å². The number of anilines is 1. The molecule has 0 radical (unpaired) electrons. The van der Waals surface area contributed by atoms with E-state index in [2.05, 4.69) is 15.0 Å². The van der Waals surface area contributed by atoms with Gasteiger partial charge in [-0.2, -0.15) is 11.8 Å². The van der Waals surface area contributed by atoms with Crippen LogP contribution in [0.4, 0.5) is 5.82 Å². The van der Waals surface area contributed by atoms with Gasteiger partial charge in [-0.3, -0.25) is 0 Å². The molecule has 1 aromatic heterocycles. The van der Waals surface area contributed by atoms with Gasteiger partial charge in [-0.15, -0.1) is 0 Å². The van der Waals surface area contributed by atoms with Gasteiger partial charge in [-0.05, 0) is 24.7 Å². The van der Waals surface area contributed by atoms with Gasteiger partial charge in [0.25, 0.3) is 0 Å². The molecule has 1 aliphatic heterocycles. The van der Waals surface area contributed by atoms with E-state index in [-0.39, 0.29) is 4.90 Å². The molecule has 1 aromatic rings. The fourth-order valence-electron chi connectivity index (χ4n) is 1.97. The van der Waals surface area contributed by atoms with Crippen LogP contribution in [0.3, 0.4) is 0 Å². The summed E-state index contributed by atoms with van der Waals surface area (Å²) in [6.45, 7) is 0.504. The van der Waals surface area contributed by atoms with Gasteiger partial charge in [0, 0.05) is 31.1 Å². The fourth-order valence-corrected chi connectivity index (χ4v) is 4.41. The van der Waals surface area contributed by atoms with Gasteiger partial charge in [0.05, 0.1) is 4.90 Å². The van der Waals surface area contributed by atoms with Gasteiger partial charge < -0.3 is 5.32 Å². The molecule has 0 aromatic carbocycles. The Labute approximate surface area is 118 Å². The predicted octanol–water partition coefficient (Wildman–Crippen LogP) is 1.69. The second-order valence-electron chi connectivity index (χ2n) is 4.47. The van der Waals surface area contributed by atoms with Crippen LogP contribution >= 0.6 is 11.8 Å². The summed E-state index contributed by atoms with van der Waals surface area (Å²) in [6, 6.07) is 3.05. The van der Waals surface area contributed by atoms with E-state index < -0.39 is 10.0 Å². The van der Waals surface area contributed by atoms with E-state index >= 15 is 0 Å². The van der Waals surface area contributed by atoms with Crippen molar-refractivity contribution in [3.8, 4) is 0 Å². The van der Waals surface area contributed by atoms with Gasteiger partial charge in [0.1, 0.15) is 5.82 Å². The average molecular weight is 301 g/mol. The second kappa shape index (κ2) is 6.58. The third-order valence-corrected chi connectivity index (χ3v) is 5.89. The summed E-state index contributed by atoms with van der Waals surface area (Å²) in [5.74, 6) is 1.68. The Hall–Kier alpha value is -0.790. The van der Waals surface area contributed by atoms with Crippen LogP contribution in [0.5, 0.6) is 0 Å². The number of pyridine rings is 1. The van der Waals surface area contributed by atoms with Crippen molar-refractivity contribution in [3.05, 3.63) is 18.3 Å². The average Bonchev–Trinajstić information content (AvgIpc) is 2.46. The van der Waals surface area contributed by atoms with Crippen molar-refractivity contribution < 1.29 is 8.42 Å². The zero-order valence-electron chi connectivity index (χ0n) is 10.9. The molecule has 1 fully saturated rings. The van der Waals surface area contributed by atoms with Gasteiger partial charge >= 0.3 is 0 Å². The summed E-state index contributed by atoms with van der Waals surface area (Å²) < 4.78 is 27.0. The van der Waals surface area contributed by atoms with E-state index in [4.69, 9.17) is 0 Å². The molecular formula is C12H19N3O2S2. The molecule has 2 heterocycles. The molecule has 0 aliphatic carbocycles. The maximum absolute atomic E-state index is 12.2. The zero-order valence-corrected chi connectivity index (χ0v) is 12.6. The lowest BCUT2D eigenvalue weighted by molar-refractivity contribution is 0.573. The summed E-state index contributed by atoms with van der Waals surface area (Å²) in [6.07, 6.45) is 5.02. The Bertz CT molecular complexity index is 513. The van der Waals surface area contributed by atoms with Crippen molar-refractivity contribution in [1.82, 2.24) is 9.71 Å². The molecule has 1 atom stereocenters. The molecule has 2 rings (SSSR count). The van der Waals surface area contributed by atoms with Crippen LogP contribution in [-0.2, 0) is 10.0 Å². The van der Waals surface area contributed by atoms with Crippen LogP contribution in [0.2, 0.25) is 0 Å². The lowest BCUT2D eigenvalue weighted by atomic mass is 10.2. The Morgan fingerprint density at radius 3 is 3.00 bits per heavy atom. The lowest BCUT2D eigenvalue weighted by Crippen LogP contribution is -2.32. The van der Waals surface area contributed by atoms with Crippen LogP contribution < -0.4 is 10.0 Å². The molecule has 0 spiro atoms. The van der Waals surface area contributed by atoms with Gasteiger partial charge in [-0.25, -0.2) is 18.1 Å². The molecular weight excluding hydrogens is 282 g/mol. The molecule has 106 valence electrons. The molecule has 5 nitrogen and oxygen atoms in total. The molecule has 0 bridgehead atoms. The van der Waals surface area contributed by atoms with E-state index in [0.717, 1.165) is 12.2 Å². The smallest absolute Gasteiger partial charge is 0.240 e. The van der Waals surface area contributed by atoms with Crippen molar-refractivity contribution in [1.29, 1.82) is 0 Å². The molecule has 1 saturated heterocycles. The Kier molecular flexibility index (Phi) is 5.06. The van der Waals surface area contributed by atoms with Crippen molar-refractivity contribution >= 4 is 27.6 Å². The molecule has 0 saturated carbocycles. The van der Waals surface area contributed by atoms with E-state index in [0.29, 0.717) is 17.6 Å². The first kappa shape index (κ1) is 14.6. The number of nitrogens with one attached hydrogen (secondary N) is 2. The maximum Gasteiger partial charge on any atom is 0.240 e. The Morgan fingerprint density at radius 1 is 1.47 bits per heavy atom. The number of hydrogen-bond donors (Lipinski definition) is 2. The fraction of sp³-hybridized carbons (Fsp3) is 0.583. The minimum atomic E-state index is -3.44. The molecule has 7 heteroatoms. The van der Waals surface area contributed by atoms with Crippen molar-refractivity contribution in [2.75, 3.05) is 24.7 Å². The molecule has 0 amide bonds. The van der Waals surface area contributed by atoms with Crippen LogP contribution in [0.15, 0.2) is 23.2 Å². The number of thioether (sulfide) groups is 1. The maximum atomic E-state index is 12.2. The Balaban J connectivity index is 2.00. The first-order valence-corrected chi connectivity index (χ1v) is 8.90. The number of sulfonamides is 1. The third kappa shape index (κ3) is 4.09. The van der Waals surface area contributed by atoms with Crippen LogP contribution in [0, 0.1) is 0 Å². The third-order valence-electron chi connectivity index (χ3n) is 3.07. The summed E-state index contributed by atoms with van der Waals surface area (Å²) in [5.41, 5.74) is 0. The van der Waals surface area contributed by atoms with Crippen molar-refractivity contribution in [2.45, 2.75) is 29.4 Å². The highest BCUT2D eigenvalue weighted by Crippen LogP contribution is 2.24.